The van der Waals surface area contributed by atoms with Crippen LogP contribution in [0.25, 0.3) is 0 Å². The Morgan fingerprint density at radius 2 is 1.80 bits per heavy atom. The number of carbonyl (C=O) groups is 2. The highest BCUT2D eigenvalue weighted by Gasteiger charge is 2.38. The minimum atomic E-state index is -3.75. The Kier molecular flexibility index (Phi) is 5.51. The van der Waals surface area contributed by atoms with Gasteiger partial charge in [-0.1, -0.05) is 30.3 Å². The summed E-state index contributed by atoms with van der Waals surface area (Å²) in [6.45, 7) is 0.232. The fourth-order valence-corrected chi connectivity index (χ4v) is 4.90. The lowest BCUT2D eigenvalue weighted by molar-refractivity contribution is -0.139. The Morgan fingerprint density at radius 1 is 1.07 bits per heavy atom. The maximum absolute atomic E-state index is 12.7. The van der Waals surface area contributed by atoms with Crippen LogP contribution < -0.4 is 10.0 Å². The van der Waals surface area contributed by atoms with E-state index >= 15 is 0 Å². The van der Waals surface area contributed by atoms with Crippen LogP contribution in [0.2, 0.25) is 0 Å². The quantitative estimate of drug-likeness (QED) is 0.545. The average molecular weight is 443 g/mol. The van der Waals surface area contributed by atoms with Gasteiger partial charge in [0.25, 0.3) is 15.9 Å². The van der Waals surface area contributed by atoms with E-state index in [2.05, 4.69) is 15.0 Å². The third-order valence-electron chi connectivity index (χ3n) is 4.59. The number of likely N-dealkylation sites (tertiary alicyclic amines) is 1. The first-order valence-corrected chi connectivity index (χ1v) is 11.5. The normalized spacial score (nSPS) is 16.7. The lowest BCUT2D eigenvalue weighted by Gasteiger charge is -2.16. The molecule has 1 aliphatic rings. The zero-order valence-electron chi connectivity index (χ0n) is 15.7. The van der Waals surface area contributed by atoms with E-state index in [1.165, 1.54) is 34.6 Å². The molecular formula is C20H18N4O4S2. The fraction of sp³-hybridized carbons (Fsp3) is 0.150. The van der Waals surface area contributed by atoms with Crippen LogP contribution in [-0.4, -0.2) is 36.2 Å². The summed E-state index contributed by atoms with van der Waals surface area (Å²) >= 11 is 1.18. The van der Waals surface area contributed by atoms with Gasteiger partial charge in [-0.05, 0) is 29.8 Å². The van der Waals surface area contributed by atoms with Crippen LogP contribution in [0.5, 0.6) is 0 Å². The molecule has 0 bridgehead atoms. The molecule has 0 spiro atoms. The second-order valence-electron chi connectivity index (χ2n) is 6.67. The number of anilines is 2. The molecule has 1 atom stereocenters. The number of aromatic nitrogens is 1. The Balaban J connectivity index is 1.42. The highest BCUT2D eigenvalue weighted by atomic mass is 32.2. The predicted octanol–water partition coefficient (Wildman–Crippen LogP) is 2.68. The van der Waals surface area contributed by atoms with E-state index in [0.29, 0.717) is 5.69 Å². The van der Waals surface area contributed by atoms with Crippen molar-refractivity contribution in [1.82, 2.24) is 9.88 Å². The maximum Gasteiger partial charge on any atom is 0.263 e. The van der Waals surface area contributed by atoms with Crippen molar-refractivity contribution in [3.05, 3.63) is 71.7 Å². The topological polar surface area (TPSA) is 108 Å². The highest BCUT2D eigenvalue weighted by molar-refractivity contribution is 7.93. The van der Waals surface area contributed by atoms with E-state index in [0.717, 1.165) is 5.56 Å². The van der Waals surface area contributed by atoms with Crippen molar-refractivity contribution in [3.8, 4) is 0 Å². The van der Waals surface area contributed by atoms with E-state index in [4.69, 9.17) is 0 Å². The van der Waals surface area contributed by atoms with Crippen LogP contribution in [-0.2, 0) is 26.2 Å². The first-order valence-electron chi connectivity index (χ1n) is 9.09. The highest BCUT2D eigenvalue weighted by Crippen LogP contribution is 2.23. The van der Waals surface area contributed by atoms with Gasteiger partial charge in [0.2, 0.25) is 5.91 Å². The smallest absolute Gasteiger partial charge is 0.263 e. The molecule has 2 aromatic carbocycles. The molecule has 1 aromatic heterocycles. The molecule has 1 aliphatic heterocycles. The van der Waals surface area contributed by atoms with E-state index in [9.17, 15) is 18.0 Å². The summed E-state index contributed by atoms with van der Waals surface area (Å²) in [5.74, 6) is -0.542. The van der Waals surface area contributed by atoms with Crippen molar-refractivity contribution < 1.29 is 18.0 Å². The molecule has 2 N–H and O–H groups in total. The first-order chi connectivity index (χ1) is 14.4. The van der Waals surface area contributed by atoms with Crippen molar-refractivity contribution >= 4 is 44.0 Å². The number of thiazole rings is 1. The SMILES string of the molecule is O=C1CC(Nc2ccc(S(=O)(=O)Nc3nccs3)cc2)C(=O)N1Cc1ccccc1. The second-order valence-corrected chi connectivity index (χ2v) is 9.25. The Morgan fingerprint density at radius 3 is 2.47 bits per heavy atom. The number of hydrogen-bond acceptors (Lipinski definition) is 7. The van der Waals surface area contributed by atoms with E-state index < -0.39 is 16.1 Å². The number of hydrogen-bond donors (Lipinski definition) is 2. The number of nitrogens with zero attached hydrogens (tertiary/aromatic N) is 2. The molecule has 154 valence electrons. The summed E-state index contributed by atoms with van der Waals surface area (Å²) in [6, 6.07) is 14.6. The number of rotatable bonds is 7. The third kappa shape index (κ3) is 4.34. The molecule has 0 aliphatic carbocycles. The minimum absolute atomic E-state index is 0.0529. The van der Waals surface area contributed by atoms with Gasteiger partial charge in [0, 0.05) is 17.3 Å². The van der Waals surface area contributed by atoms with Gasteiger partial charge >= 0.3 is 0 Å². The summed E-state index contributed by atoms with van der Waals surface area (Å²) in [5, 5.41) is 4.98. The van der Waals surface area contributed by atoms with Gasteiger partial charge in [0.1, 0.15) is 6.04 Å². The van der Waals surface area contributed by atoms with Crippen molar-refractivity contribution in [2.75, 3.05) is 10.0 Å². The zero-order chi connectivity index (χ0) is 21.1. The van der Waals surface area contributed by atoms with E-state index in [-0.39, 0.29) is 34.8 Å². The molecule has 0 saturated carbocycles. The molecule has 1 saturated heterocycles. The average Bonchev–Trinajstić information content (AvgIpc) is 3.32. The Labute approximate surface area is 177 Å². The third-order valence-corrected chi connectivity index (χ3v) is 6.76. The van der Waals surface area contributed by atoms with Gasteiger partial charge in [-0.25, -0.2) is 13.4 Å². The first kappa shape index (κ1) is 20.0. The molecule has 0 radical (unpaired) electrons. The molecular weight excluding hydrogens is 424 g/mol. The van der Waals surface area contributed by atoms with Gasteiger partial charge in [-0.3, -0.25) is 19.2 Å². The summed E-state index contributed by atoms with van der Waals surface area (Å²) in [6.07, 6.45) is 1.56. The predicted molar refractivity (Wildman–Crippen MR) is 113 cm³/mol. The van der Waals surface area contributed by atoms with Gasteiger partial charge in [0.05, 0.1) is 17.9 Å². The van der Waals surface area contributed by atoms with Gasteiger partial charge in [0.15, 0.2) is 5.13 Å². The summed E-state index contributed by atoms with van der Waals surface area (Å²) in [7, 11) is -3.75. The maximum atomic E-state index is 12.7. The summed E-state index contributed by atoms with van der Waals surface area (Å²) in [5.41, 5.74) is 1.43. The minimum Gasteiger partial charge on any atom is -0.373 e. The number of carbonyl (C=O) groups excluding carboxylic acids is 2. The Bertz CT molecular complexity index is 1150. The Hall–Kier alpha value is -3.24. The molecule has 2 heterocycles. The van der Waals surface area contributed by atoms with Gasteiger partial charge < -0.3 is 5.32 Å². The number of imide groups is 1. The molecule has 2 amide bonds. The molecule has 1 fully saturated rings. The number of amides is 2. The van der Waals surface area contributed by atoms with E-state index in [1.54, 1.807) is 17.5 Å². The lowest BCUT2D eigenvalue weighted by Crippen LogP contribution is -2.34. The van der Waals surface area contributed by atoms with E-state index in [1.807, 2.05) is 30.3 Å². The zero-order valence-corrected chi connectivity index (χ0v) is 17.3. The van der Waals surface area contributed by atoms with Crippen LogP contribution >= 0.6 is 11.3 Å². The number of nitrogens with one attached hydrogen (secondary N) is 2. The van der Waals surface area contributed by atoms with Crippen molar-refractivity contribution in [3.63, 3.8) is 0 Å². The van der Waals surface area contributed by atoms with Crippen molar-refractivity contribution in [2.24, 2.45) is 0 Å². The van der Waals surface area contributed by atoms with Crippen molar-refractivity contribution in [2.45, 2.75) is 23.9 Å². The molecule has 8 nitrogen and oxygen atoms in total. The van der Waals surface area contributed by atoms with Crippen LogP contribution in [0.15, 0.2) is 71.1 Å². The lowest BCUT2D eigenvalue weighted by atomic mass is 10.2. The number of benzene rings is 2. The molecule has 10 heteroatoms. The van der Waals surface area contributed by atoms with Gasteiger partial charge in [-0.15, -0.1) is 11.3 Å². The molecule has 1 unspecified atom stereocenters. The van der Waals surface area contributed by atoms with Crippen molar-refractivity contribution in [1.29, 1.82) is 0 Å². The fourth-order valence-electron chi connectivity index (χ4n) is 3.11. The van der Waals surface area contributed by atoms with Gasteiger partial charge in [-0.2, -0.15) is 0 Å². The van der Waals surface area contributed by atoms with Crippen LogP contribution in [0.1, 0.15) is 12.0 Å². The number of sulfonamides is 1. The summed E-state index contributed by atoms with van der Waals surface area (Å²) in [4.78, 5) is 30.2. The van der Waals surface area contributed by atoms with Crippen LogP contribution in [0.3, 0.4) is 0 Å². The monoisotopic (exact) mass is 442 g/mol. The second kappa shape index (κ2) is 8.25. The van der Waals surface area contributed by atoms with Crippen LogP contribution in [0, 0.1) is 0 Å². The van der Waals surface area contributed by atoms with Crippen LogP contribution in [0.4, 0.5) is 10.8 Å². The molecule has 30 heavy (non-hydrogen) atoms. The standard InChI is InChI=1S/C20H18N4O4S2/c25-18-12-17(19(26)24(18)13-14-4-2-1-3-5-14)22-15-6-8-16(9-7-15)30(27,28)23-20-21-10-11-29-20/h1-11,17,22H,12-13H2,(H,21,23). The molecule has 3 aromatic rings. The molecule has 4 rings (SSSR count). The largest absolute Gasteiger partial charge is 0.373 e. The summed E-state index contributed by atoms with van der Waals surface area (Å²) < 4.78 is 27.2.